The second-order valence-corrected chi connectivity index (χ2v) is 6.56. The summed E-state index contributed by atoms with van der Waals surface area (Å²) in [6, 6.07) is -5.39. The zero-order valence-corrected chi connectivity index (χ0v) is 16.8. The van der Waals surface area contributed by atoms with Gasteiger partial charge in [-0.15, -0.1) is 0 Å². The number of aliphatic carboxylic acids is 1. The number of primary amides is 1. The fourth-order valence-corrected chi connectivity index (χ4v) is 2.30. The average molecular weight is 440 g/mol. The van der Waals surface area contributed by atoms with E-state index in [0.29, 0.717) is 0 Å². The molecule has 0 bridgehead atoms. The van der Waals surface area contributed by atoms with E-state index in [1.165, 1.54) is 0 Å². The molecule has 0 aromatic rings. The number of aliphatic hydroxyl groups is 1. The molecule has 0 spiro atoms. The van der Waals surface area contributed by atoms with Gasteiger partial charge < -0.3 is 37.6 Å². The molecule has 0 aliphatic rings. The van der Waals surface area contributed by atoms with Crippen LogP contribution < -0.4 is 27.4 Å². The fraction of sp³-hybridized carbons (Fsp3) is 0.643. The lowest BCUT2D eigenvalue weighted by Crippen LogP contribution is -2.59. The lowest BCUT2D eigenvalue weighted by Gasteiger charge is -2.24. The van der Waals surface area contributed by atoms with Crippen LogP contribution in [0.25, 0.3) is 0 Å². The van der Waals surface area contributed by atoms with E-state index in [4.69, 9.17) is 16.6 Å². The zero-order chi connectivity index (χ0) is 22.0. The molecule has 0 saturated carbocycles. The first-order valence-corrected chi connectivity index (χ1v) is 9.28. The van der Waals surface area contributed by atoms with E-state index >= 15 is 0 Å². The highest BCUT2D eigenvalue weighted by atomic mass is 32.1. The minimum atomic E-state index is -1.67. The number of carboxylic acids is 1. The van der Waals surface area contributed by atoms with Gasteiger partial charge >= 0.3 is 5.97 Å². The van der Waals surface area contributed by atoms with Crippen LogP contribution in [0.4, 0.5) is 0 Å². The minimum Gasteiger partial charge on any atom is -0.480 e. The van der Waals surface area contributed by atoms with Crippen molar-refractivity contribution in [2.45, 2.75) is 43.6 Å². The third-order valence-corrected chi connectivity index (χ3v) is 4.19. The van der Waals surface area contributed by atoms with E-state index < -0.39 is 66.3 Å². The van der Waals surface area contributed by atoms with Crippen LogP contribution in [-0.4, -0.2) is 81.6 Å². The lowest BCUT2D eigenvalue weighted by atomic mass is 10.1. The number of carbonyl (C=O) groups is 5. The summed E-state index contributed by atoms with van der Waals surface area (Å²) in [6.07, 6.45) is -2.09. The highest BCUT2D eigenvalue weighted by molar-refractivity contribution is 7.80. The van der Waals surface area contributed by atoms with Crippen molar-refractivity contribution in [2.75, 3.05) is 11.5 Å². The molecule has 5 unspecified atom stereocenters. The second-order valence-electron chi connectivity index (χ2n) is 5.83. The van der Waals surface area contributed by atoms with Crippen molar-refractivity contribution in [2.24, 2.45) is 11.5 Å². The number of hydrogen-bond acceptors (Lipinski definition) is 9. The highest BCUT2D eigenvalue weighted by Crippen LogP contribution is 2.00. The number of amides is 4. The number of nitrogens with one attached hydrogen (secondary N) is 3. The normalized spacial score (nSPS) is 16.0. The summed E-state index contributed by atoms with van der Waals surface area (Å²) in [4.78, 5) is 58.7. The molecule has 0 rings (SSSR count). The molecule has 12 nitrogen and oxygen atoms in total. The number of nitrogens with two attached hydrogens (primary N) is 2. The summed E-state index contributed by atoms with van der Waals surface area (Å²) in [5.41, 5.74) is 10.6. The van der Waals surface area contributed by atoms with Crippen LogP contribution in [0.15, 0.2) is 0 Å². The Kier molecular flexibility index (Phi) is 11.5. The van der Waals surface area contributed by atoms with Gasteiger partial charge in [-0.3, -0.25) is 19.2 Å². The van der Waals surface area contributed by atoms with Crippen molar-refractivity contribution in [1.29, 1.82) is 0 Å². The molecule has 0 saturated heterocycles. The first kappa shape index (κ1) is 26.0. The van der Waals surface area contributed by atoms with E-state index in [2.05, 4.69) is 35.9 Å². The van der Waals surface area contributed by atoms with Crippen molar-refractivity contribution in [1.82, 2.24) is 16.0 Å². The molecular formula is C14H25N5O7S2. The average Bonchev–Trinajstić information content (AvgIpc) is 2.61. The molecule has 160 valence electrons. The molecular weight excluding hydrogens is 414 g/mol. The van der Waals surface area contributed by atoms with Gasteiger partial charge in [-0.2, -0.15) is 25.3 Å². The predicted molar refractivity (Wildman–Crippen MR) is 105 cm³/mol. The molecule has 0 aromatic carbocycles. The summed E-state index contributed by atoms with van der Waals surface area (Å²) in [6.45, 7) is 1.14. The fourth-order valence-electron chi connectivity index (χ4n) is 1.88. The van der Waals surface area contributed by atoms with Gasteiger partial charge in [0.2, 0.25) is 23.6 Å². The minimum absolute atomic E-state index is 0.0232. The Morgan fingerprint density at radius 3 is 1.82 bits per heavy atom. The zero-order valence-electron chi connectivity index (χ0n) is 15.0. The number of hydrogen-bond donors (Lipinski definition) is 9. The van der Waals surface area contributed by atoms with Gasteiger partial charge in [-0.1, -0.05) is 0 Å². The Hall–Kier alpha value is -2.03. The van der Waals surface area contributed by atoms with Crippen molar-refractivity contribution in [3.8, 4) is 0 Å². The Balaban J connectivity index is 5.26. The van der Waals surface area contributed by atoms with Crippen molar-refractivity contribution in [3.05, 3.63) is 0 Å². The summed E-state index contributed by atoms with van der Waals surface area (Å²) < 4.78 is 0. The van der Waals surface area contributed by atoms with Crippen molar-refractivity contribution < 1.29 is 34.2 Å². The Morgan fingerprint density at radius 2 is 1.43 bits per heavy atom. The summed E-state index contributed by atoms with van der Waals surface area (Å²) in [5.74, 6) is -5.22. The molecule has 0 heterocycles. The quantitative estimate of drug-likeness (QED) is 0.136. The van der Waals surface area contributed by atoms with Crippen LogP contribution in [0, 0.1) is 0 Å². The molecule has 5 atom stereocenters. The predicted octanol–water partition coefficient (Wildman–Crippen LogP) is -4.03. The Morgan fingerprint density at radius 1 is 0.929 bits per heavy atom. The van der Waals surface area contributed by atoms with Gasteiger partial charge in [0, 0.05) is 11.5 Å². The van der Waals surface area contributed by atoms with E-state index in [1.807, 2.05) is 5.32 Å². The third kappa shape index (κ3) is 8.77. The van der Waals surface area contributed by atoms with E-state index in [9.17, 15) is 29.1 Å². The molecule has 0 aliphatic heterocycles. The molecule has 0 aliphatic carbocycles. The van der Waals surface area contributed by atoms with E-state index in [1.54, 1.807) is 0 Å². The number of rotatable bonds is 12. The van der Waals surface area contributed by atoms with Crippen molar-refractivity contribution in [3.63, 3.8) is 0 Å². The van der Waals surface area contributed by atoms with Crippen LogP contribution in [0.5, 0.6) is 0 Å². The maximum absolute atomic E-state index is 12.3. The van der Waals surface area contributed by atoms with Crippen LogP contribution in [0.2, 0.25) is 0 Å². The lowest BCUT2D eigenvalue weighted by molar-refractivity contribution is -0.145. The van der Waals surface area contributed by atoms with Gasteiger partial charge in [0.1, 0.15) is 12.1 Å². The van der Waals surface area contributed by atoms with Crippen LogP contribution >= 0.6 is 25.3 Å². The molecule has 0 fully saturated rings. The van der Waals surface area contributed by atoms with Crippen molar-refractivity contribution >= 4 is 54.9 Å². The number of thiol groups is 2. The van der Waals surface area contributed by atoms with E-state index in [0.717, 1.165) is 6.92 Å². The van der Waals surface area contributed by atoms with Crippen LogP contribution in [-0.2, 0) is 24.0 Å². The molecule has 14 heteroatoms. The monoisotopic (exact) mass is 439 g/mol. The second kappa shape index (κ2) is 12.4. The van der Waals surface area contributed by atoms with Gasteiger partial charge in [0.05, 0.1) is 18.6 Å². The smallest absolute Gasteiger partial charge is 0.328 e. The Labute approximate surface area is 172 Å². The van der Waals surface area contributed by atoms with Gasteiger partial charge in [0.25, 0.3) is 0 Å². The summed E-state index contributed by atoms with van der Waals surface area (Å²) in [7, 11) is 0. The maximum Gasteiger partial charge on any atom is 0.328 e. The molecule has 9 N–H and O–H groups in total. The topological polar surface area (TPSA) is 214 Å². The van der Waals surface area contributed by atoms with Crippen LogP contribution in [0.1, 0.15) is 13.3 Å². The number of aliphatic hydroxyl groups excluding tert-OH is 1. The number of carboxylic acid groups (broad SMARTS) is 1. The third-order valence-electron chi connectivity index (χ3n) is 3.43. The first-order chi connectivity index (χ1) is 12.9. The highest BCUT2D eigenvalue weighted by Gasteiger charge is 2.32. The standard InChI is InChI=1S/C14H25N5O7S2/c1-5(20)10(14(25)26)19-12(23)7(2-9(16)21)17-13(24)8(4-28)18-11(22)6(15)3-27/h5-8,10,20,27-28H,2-4,15H2,1H3,(H2,16,21)(H,17,24)(H,18,22)(H,19,23)(H,25,26). The van der Waals surface area contributed by atoms with Crippen LogP contribution in [0.3, 0.4) is 0 Å². The molecule has 0 aromatic heterocycles. The summed E-state index contributed by atoms with van der Waals surface area (Å²) in [5, 5.41) is 24.9. The first-order valence-electron chi connectivity index (χ1n) is 8.02. The van der Waals surface area contributed by atoms with Gasteiger partial charge in [-0.05, 0) is 6.92 Å². The molecule has 28 heavy (non-hydrogen) atoms. The van der Waals surface area contributed by atoms with Gasteiger partial charge in [0.15, 0.2) is 6.04 Å². The largest absolute Gasteiger partial charge is 0.480 e. The Bertz CT molecular complexity index is 605. The summed E-state index contributed by atoms with van der Waals surface area (Å²) >= 11 is 7.81. The van der Waals surface area contributed by atoms with Gasteiger partial charge in [-0.25, -0.2) is 4.79 Å². The number of carbonyl (C=O) groups excluding carboxylic acids is 4. The SMILES string of the molecule is CC(O)C(NC(=O)C(CC(N)=O)NC(=O)C(CS)NC(=O)C(N)CS)C(=O)O. The molecule has 0 radical (unpaired) electrons. The molecule has 4 amide bonds. The maximum atomic E-state index is 12.3. The van der Waals surface area contributed by atoms with E-state index in [-0.39, 0.29) is 11.5 Å².